The first-order valence-electron chi connectivity index (χ1n) is 8.61. The van der Waals surface area contributed by atoms with E-state index >= 15 is 0 Å². The predicted molar refractivity (Wildman–Crippen MR) is 108 cm³/mol. The Labute approximate surface area is 166 Å². The lowest BCUT2D eigenvalue weighted by Gasteiger charge is -2.21. The molecule has 0 saturated heterocycles. The molecule has 0 bridgehead atoms. The van der Waals surface area contributed by atoms with Gasteiger partial charge in [-0.2, -0.15) is 4.31 Å². The first kappa shape index (κ1) is 21.4. The average Bonchev–Trinajstić information content (AvgIpc) is 2.58. The summed E-state index contributed by atoms with van der Waals surface area (Å²) >= 11 is 5.80. The molecular formula is C20H25ClN2O3S. The van der Waals surface area contributed by atoms with Gasteiger partial charge in [0.05, 0.1) is 17.5 Å². The van der Waals surface area contributed by atoms with E-state index in [1.165, 1.54) is 36.9 Å². The second-order valence-corrected chi connectivity index (χ2v) is 9.28. The molecule has 0 unspecified atom stereocenters. The van der Waals surface area contributed by atoms with Crippen LogP contribution >= 0.6 is 11.6 Å². The third kappa shape index (κ3) is 5.09. The predicted octanol–water partition coefficient (Wildman–Crippen LogP) is 3.76. The highest BCUT2D eigenvalue weighted by Crippen LogP contribution is 2.22. The summed E-state index contributed by atoms with van der Waals surface area (Å²) in [6, 6.07) is 9.79. The number of nitrogens with zero attached hydrogens (tertiary/aromatic N) is 1. The van der Waals surface area contributed by atoms with Gasteiger partial charge in [-0.15, -0.1) is 0 Å². The highest BCUT2D eigenvalue weighted by atomic mass is 35.5. The number of amides is 1. The van der Waals surface area contributed by atoms with Crippen molar-refractivity contribution >= 4 is 27.5 Å². The molecule has 5 nitrogen and oxygen atoms in total. The quantitative estimate of drug-likeness (QED) is 0.791. The van der Waals surface area contributed by atoms with Crippen LogP contribution in [0, 0.1) is 20.8 Å². The molecule has 2 rings (SSSR count). The molecule has 146 valence electrons. The Bertz CT molecular complexity index is 940. The number of hydrogen-bond donors (Lipinski definition) is 1. The highest BCUT2D eigenvalue weighted by Gasteiger charge is 2.23. The maximum absolute atomic E-state index is 12.6. The number of aryl methyl sites for hydroxylation is 3. The van der Waals surface area contributed by atoms with Gasteiger partial charge in [-0.05, 0) is 74.2 Å². The Morgan fingerprint density at radius 3 is 2.22 bits per heavy atom. The second-order valence-electron chi connectivity index (χ2n) is 6.80. The standard InChI is InChI=1S/C20H25ClN2O3S/c1-13-10-15(3)19(11-14(13)2)16(4)22-20(24)12-23(5)27(25,26)18-8-6-17(21)7-9-18/h6-11,16H,12H2,1-5H3,(H,22,24)/t16-/m0/s1. The summed E-state index contributed by atoms with van der Waals surface area (Å²) in [5.74, 6) is -0.361. The summed E-state index contributed by atoms with van der Waals surface area (Å²) in [5.41, 5.74) is 4.46. The second kappa shape index (κ2) is 8.42. The molecule has 0 aliphatic carbocycles. The normalized spacial score (nSPS) is 12.9. The van der Waals surface area contributed by atoms with Gasteiger partial charge in [0.1, 0.15) is 0 Å². The fourth-order valence-corrected chi connectivity index (χ4v) is 4.14. The molecule has 2 aromatic carbocycles. The van der Waals surface area contributed by atoms with Gasteiger partial charge >= 0.3 is 0 Å². The zero-order valence-corrected chi connectivity index (χ0v) is 17.8. The van der Waals surface area contributed by atoms with E-state index in [1.807, 2.05) is 27.7 Å². The van der Waals surface area contributed by atoms with Gasteiger partial charge in [-0.3, -0.25) is 4.79 Å². The fraction of sp³-hybridized carbons (Fsp3) is 0.350. The molecule has 27 heavy (non-hydrogen) atoms. The molecule has 0 spiro atoms. The largest absolute Gasteiger partial charge is 0.348 e. The molecule has 1 amide bonds. The van der Waals surface area contributed by atoms with Crippen molar-refractivity contribution < 1.29 is 13.2 Å². The fourth-order valence-electron chi connectivity index (χ4n) is 2.89. The summed E-state index contributed by atoms with van der Waals surface area (Å²) in [6.07, 6.45) is 0. The van der Waals surface area contributed by atoms with Crippen LogP contribution in [-0.4, -0.2) is 32.2 Å². The minimum absolute atomic E-state index is 0.0975. The van der Waals surface area contributed by atoms with Gasteiger partial charge in [-0.25, -0.2) is 8.42 Å². The topological polar surface area (TPSA) is 66.5 Å². The smallest absolute Gasteiger partial charge is 0.243 e. The summed E-state index contributed by atoms with van der Waals surface area (Å²) in [6.45, 7) is 7.70. The van der Waals surface area contributed by atoms with E-state index in [2.05, 4.69) is 17.4 Å². The number of benzene rings is 2. The van der Waals surface area contributed by atoms with Crippen molar-refractivity contribution in [2.75, 3.05) is 13.6 Å². The van der Waals surface area contributed by atoms with Crippen molar-refractivity contribution in [3.8, 4) is 0 Å². The van der Waals surface area contributed by atoms with Gasteiger partial charge < -0.3 is 5.32 Å². The Balaban J connectivity index is 2.08. The Kier molecular flexibility index (Phi) is 6.68. The van der Waals surface area contributed by atoms with E-state index in [1.54, 1.807) is 0 Å². The van der Waals surface area contributed by atoms with E-state index in [0.717, 1.165) is 21.0 Å². The molecular weight excluding hydrogens is 384 g/mol. The lowest BCUT2D eigenvalue weighted by molar-refractivity contribution is -0.121. The van der Waals surface area contributed by atoms with Crippen molar-refractivity contribution in [3.05, 3.63) is 63.7 Å². The summed E-state index contributed by atoms with van der Waals surface area (Å²) in [4.78, 5) is 12.5. The maximum Gasteiger partial charge on any atom is 0.243 e. The van der Waals surface area contributed by atoms with Crippen LogP contribution in [0.4, 0.5) is 0 Å². The van der Waals surface area contributed by atoms with Crippen LogP contribution in [0.15, 0.2) is 41.3 Å². The lowest BCUT2D eigenvalue weighted by atomic mass is 9.96. The molecule has 1 N–H and O–H groups in total. The number of halogens is 1. The van der Waals surface area contributed by atoms with E-state index in [9.17, 15) is 13.2 Å². The first-order chi connectivity index (χ1) is 12.5. The molecule has 0 aliphatic heterocycles. The monoisotopic (exact) mass is 408 g/mol. The van der Waals surface area contributed by atoms with Crippen LogP contribution < -0.4 is 5.32 Å². The average molecular weight is 409 g/mol. The van der Waals surface area contributed by atoms with E-state index in [4.69, 9.17) is 11.6 Å². The van der Waals surface area contributed by atoms with Crippen LogP contribution in [0.5, 0.6) is 0 Å². The van der Waals surface area contributed by atoms with Gasteiger partial charge in [0.15, 0.2) is 0 Å². The van der Waals surface area contributed by atoms with Crippen LogP contribution in [0.25, 0.3) is 0 Å². The number of carbonyl (C=O) groups excluding carboxylic acids is 1. The third-order valence-electron chi connectivity index (χ3n) is 4.61. The number of nitrogens with one attached hydrogen (secondary N) is 1. The lowest BCUT2D eigenvalue weighted by Crippen LogP contribution is -2.39. The van der Waals surface area contributed by atoms with Crippen LogP contribution in [-0.2, 0) is 14.8 Å². The zero-order valence-electron chi connectivity index (χ0n) is 16.2. The Morgan fingerprint density at radius 1 is 1.07 bits per heavy atom. The molecule has 7 heteroatoms. The third-order valence-corrected chi connectivity index (χ3v) is 6.68. The number of rotatable bonds is 6. The van der Waals surface area contributed by atoms with Crippen molar-refractivity contribution in [1.29, 1.82) is 0 Å². The van der Waals surface area contributed by atoms with Gasteiger partial charge in [0.25, 0.3) is 0 Å². The van der Waals surface area contributed by atoms with E-state index in [0.29, 0.717) is 5.02 Å². The van der Waals surface area contributed by atoms with Gasteiger partial charge in [0.2, 0.25) is 15.9 Å². The van der Waals surface area contributed by atoms with Crippen molar-refractivity contribution in [2.45, 2.75) is 38.6 Å². The maximum atomic E-state index is 12.6. The van der Waals surface area contributed by atoms with Crippen molar-refractivity contribution in [1.82, 2.24) is 9.62 Å². The molecule has 2 aromatic rings. The molecule has 1 atom stereocenters. The van der Waals surface area contributed by atoms with E-state index < -0.39 is 10.0 Å². The number of likely N-dealkylation sites (N-methyl/N-ethyl adjacent to an activating group) is 1. The van der Waals surface area contributed by atoms with Crippen molar-refractivity contribution in [2.24, 2.45) is 0 Å². The van der Waals surface area contributed by atoms with Gasteiger partial charge in [0, 0.05) is 12.1 Å². The Hall–Kier alpha value is -1.89. The minimum atomic E-state index is -3.76. The number of hydrogen-bond acceptors (Lipinski definition) is 3. The van der Waals surface area contributed by atoms with Gasteiger partial charge in [-0.1, -0.05) is 23.7 Å². The summed E-state index contributed by atoms with van der Waals surface area (Å²) < 4.78 is 26.2. The molecule has 0 fully saturated rings. The highest BCUT2D eigenvalue weighted by molar-refractivity contribution is 7.89. The van der Waals surface area contributed by atoms with Crippen molar-refractivity contribution in [3.63, 3.8) is 0 Å². The molecule has 0 heterocycles. The zero-order chi connectivity index (χ0) is 20.4. The molecule has 0 saturated carbocycles. The number of sulfonamides is 1. The Morgan fingerprint density at radius 2 is 1.63 bits per heavy atom. The molecule has 0 radical (unpaired) electrons. The molecule has 0 aliphatic rings. The first-order valence-corrected chi connectivity index (χ1v) is 10.4. The summed E-state index contributed by atoms with van der Waals surface area (Å²) in [5, 5.41) is 3.33. The molecule has 0 aromatic heterocycles. The van der Waals surface area contributed by atoms with Crippen LogP contribution in [0.2, 0.25) is 5.02 Å². The van der Waals surface area contributed by atoms with Crippen LogP contribution in [0.3, 0.4) is 0 Å². The van der Waals surface area contributed by atoms with E-state index in [-0.39, 0.29) is 23.4 Å². The SMILES string of the molecule is Cc1cc(C)c([C@H](C)NC(=O)CN(C)S(=O)(=O)c2ccc(Cl)cc2)cc1C. The van der Waals surface area contributed by atoms with Crippen LogP contribution in [0.1, 0.15) is 35.2 Å². The number of carbonyl (C=O) groups is 1. The minimum Gasteiger partial charge on any atom is -0.348 e. The summed E-state index contributed by atoms with van der Waals surface area (Å²) in [7, 11) is -2.37.